The van der Waals surface area contributed by atoms with Gasteiger partial charge >= 0.3 is 0 Å². The first-order valence-electron chi connectivity index (χ1n) is 5.89. The minimum Gasteiger partial charge on any atom is -0.374 e. The molecule has 3 rings (SSSR count). The van der Waals surface area contributed by atoms with Crippen molar-refractivity contribution in [2.24, 2.45) is 0 Å². The lowest BCUT2D eigenvalue weighted by molar-refractivity contribution is 0.0371. The summed E-state index contributed by atoms with van der Waals surface area (Å²) in [5, 5.41) is 10.5. The molecule has 1 saturated heterocycles. The molecule has 6 nitrogen and oxygen atoms in total. The van der Waals surface area contributed by atoms with Gasteiger partial charge in [0.25, 0.3) is 0 Å². The van der Waals surface area contributed by atoms with E-state index in [0.717, 1.165) is 19.7 Å². The Morgan fingerprint density at radius 1 is 1.56 bits per heavy atom. The SMILES string of the molecule is Fc1ccc2nc(NCC3CNCCO3)nn2c1. The summed E-state index contributed by atoms with van der Waals surface area (Å²) in [5.74, 6) is 0.147. The second-order valence-corrected chi connectivity index (χ2v) is 4.16. The van der Waals surface area contributed by atoms with Crippen molar-refractivity contribution >= 4 is 11.6 Å². The molecule has 0 saturated carbocycles. The van der Waals surface area contributed by atoms with Crippen molar-refractivity contribution in [1.82, 2.24) is 19.9 Å². The Balaban J connectivity index is 1.67. The highest BCUT2D eigenvalue weighted by Crippen LogP contribution is 2.07. The Morgan fingerprint density at radius 2 is 2.50 bits per heavy atom. The molecule has 0 aromatic carbocycles. The fraction of sp³-hybridized carbons (Fsp3) is 0.455. The Hall–Kier alpha value is -1.73. The highest BCUT2D eigenvalue weighted by atomic mass is 19.1. The predicted octanol–water partition coefficient (Wildman–Crippen LogP) is 0.269. The largest absolute Gasteiger partial charge is 0.374 e. The van der Waals surface area contributed by atoms with Gasteiger partial charge in [0.15, 0.2) is 5.65 Å². The van der Waals surface area contributed by atoms with Crippen LogP contribution < -0.4 is 10.6 Å². The van der Waals surface area contributed by atoms with Crippen LogP contribution in [0.4, 0.5) is 10.3 Å². The number of aromatic nitrogens is 3. The van der Waals surface area contributed by atoms with Crippen LogP contribution in [0.5, 0.6) is 0 Å². The molecule has 3 heterocycles. The number of nitrogens with zero attached hydrogens (tertiary/aromatic N) is 3. The Morgan fingerprint density at radius 3 is 3.33 bits per heavy atom. The van der Waals surface area contributed by atoms with Crippen LogP contribution in [-0.2, 0) is 4.74 Å². The van der Waals surface area contributed by atoms with Gasteiger partial charge in [0.05, 0.1) is 18.9 Å². The normalized spacial score (nSPS) is 20.2. The number of anilines is 1. The Labute approximate surface area is 103 Å². The molecule has 2 aromatic rings. The molecule has 2 aromatic heterocycles. The number of hydrogen-bond donors (Lipinski definition) is 2. The summed E-state index contributed by atoms with van der Waals surface area (Å²) in [7, 11) is 0. The van der Waals surface area contributed by atoms with Gasteiger partial charge in [0, 0.05) is 19.6 Å². The second kappa shape index (κ2) is 4.87. The smallest absolute Gasteiger partial charge is 0.243 e. The number of hydrogen-bond acceptors (Lipinski definition) is 5. The number of ether oxygens (including phenoxy) is 1. The lowest BCUT2D eigenvalue weighted by atomic mass is 10.3. The summed E-state index contributed by atoms with van der Waals surface area (Å²) < 4.78 is 19.9. The summed E-state index contributed by atoms with van der Waals surface area (Å²) in [6.07, 6.45) is 1.41. The number of rotatable bonds is 3. The van der Waals surface area contributed by atoms with E-state index in [9.17, 15) is 4.39 Å². The predicted molar refractivity (Wildman–Crippen MR) is 64.0 cm³/mol. The first-order valence-corrected chi connectivity index (χ1v) is 5.89. The number of nitrogens with one attached hydrogen (secondary N) is 2. The molecule has 0 amide bonds. The van der Waals surface area contributed by atoms with Crippen molar-refractivity contribution in [2.45, 2.75) is 6.10 Å². The molecule has 0 radical (unpaired) electrons. The average molecular weight is 251 g/mol. The van der Waals surface area contributed by atoms with Crippen LogP contribution in [0, 0.1) is 5.82 Å². The Bertz CT molecular complexity index is 537. The van der Waals surface area contributed by atoms with Crippen LogP contribution in [0.1, 0.15) is 0 Å². The summed E-state index contributed by atoms with van der Waals surface area (Å²) >= 11 is 0. The van der Waals surface area contributed by atoms with E-state index >= 15 is 0 Å². The van der Waals surface area contributed by atoms with E-state index in [1.54, 1.807) is 6.07 Å². The first-order chi connectivity index (χ1) is 8.81. The number of fused-ring (bicyclic) bond motifs is 1. The monoisotopic (exact) mass is 251 g/mol. The van der Waals surface area contributed by atoms with Gasteiger partial charge in [-0.15, -0.1) is 5.10 Å². The summed E-state index contributed by atoms with van der Waals surface area (Å²) in [5.41, 5.74) is 0.613. The van der Waals surface area contributed by atoms with E-state index in [1.807, 2.05) is 0 Å². The van der Waals surface area contributed by atoms with Crippen molar-refractivity contribution < 1.29 is 9.13 Å². The van der Waals surface area contributed by atoms with Gasteiger partial charge in [-0.3, -0.25) is 0 Å². The zero-order valence-corrected chi connectivity index (χ0v) is 9.77. The summed E-state index contributed by atoms with van der Waals surface area (Å²) in [4.78, 5) is 4.24. The van der Waals surface area contributed by atoms with Gasteiger partial charge < -0.3 is 15.4 Å². The summed E-state index contributed by atoms with van der Waals surface area (Å²) in [6.45, 7) is 3.06. The fourth-order valence-electron chi connectivity index (χ4n) is 1.89. The topological polar surface area (TPSA) is 63.5 Å². The third kappa shape index (κ3) is 2.41. The second-order valence-electron chi connectivity index (χ2n) is 4.16. The third-order valence-corrected chi connectivity index (χ3v) is 2.79. The molecule has 1 fully saturated rings. The van der Waals surface area contributed by atoms with E-state index in [0.29, 0.717) is 18.1 Å². The first kappa shape index (κ1) is 11.4. The number of morpholine rings is 1. The molecular formula is C11H14FN5O. The van der Waals surface area contributed by atoms with E-state index < -0.39 is 0 Å². The zero-order chi connectivity index (χ0) is 12.4. The molecule has 1 aliphatic heterocycles. The molecule has 2 N–H and O–H groups in total. The molecule has 7 heteroatoms. The quantitative estimate of drug-likeness (QED) is 0.819. The van der Waals surface area contributed by atoms with Gasteiger partial charge in [0.2, 0.25) is 5.95 Å². The minimum absolute atomic E-state index is 0.113. The number of pyridine rings is 1. The molecule has 18 heavy (non-hydrogen) atoms. The fourth-order valence-corrected chi connectivity index (χ4v) is 1.89. The van der Waals surface area contributed by atoms with Crippen molar-refractivity contribution in [3.8, 4) is 0 Å². The lowest BCUT2D eigenvalue weighted by Crippen LogP contribution is -2.42. The third-order valence-electron chi connectivity index (χ3n) is 2.79. The molecule has 0 aliphatic carbocycles. The highest BCUT2D eigenvalue weighted by molar-refractivity contribution is 5.43. The molecule has 1 atom stereocenters. The molecule has 1 aliphatic rings. The van der Waals surface area contributed by atoms with Crippen LogP contribution >= 0.6 is 0 Å². The maximum atomic E-state index is 13.0. The maximum absolute atomic E-state index is 13.0. The Kier molecular flexibility index (Phi) is 3.07. The van der Waals surface area contributed by atoms with E-state index in [2.05, 4.69) is 20.7 Å². The van der Waals surface area contributed by atoms with Crippen LogP contribution in [0.2, 0.25) is 0 Å². The van der Waals surface area contributed by atoms with E-state index in [-0.39, 0.29) is 11.9 Å². The van der Waals surface area contributed by atoms with Gasteiger partial charge in [-0.25, -0.2) is 8.91 Å². The van der Waals surface area contributed by atoms with Crippen LogP contribution in [0.25, 0.3) is 5.65 Å². The van der Waals surface area contributed by atoms with Crippen LogP contribution in [0.15, 0.2) is 18.3 Å². The maximum Gasteiger partial charge on any atom is 0.243 e. The molecule has 0 spiro atoms. The highest BCUT2D eigenvalue weighted by Gasteiger charge is 2.13. The minimum atomic E-state index is -0.334. The van der Waals surface area contributed by atoms with Gasteiger partial charge in [-0.2, -0.15) is 4.98 Å². The molecule has 96 valence electrons. The standard InChI is InChI=1S/C11H14FN5O/c12-8-1-2-10-15-11(16-17(10)7-8)14-6-9-5-13-3-4-18-9/h1-2,7,9,13H,3-6H2,(H,14,16). The van der Waals surface area contributed by atoms with E-state index in [4.69, 9.17) is 4.74 Å². The van der Waals surface area contributed by atoms with Crippen molar-refractivity contribution in [3.63, 3.8) is 0 Å². The van der Waals surface area contributed by atoms with Gasteiger partial charge in [0.1, 0.15) is 5.82 Å². The molecule has 0 bridgehead atoms. The van der Waals surface area contributed by atoms with E-state index in [1.165, 1.54) is 16.8 Å². The van der Waals surface area contributed by atoms with Crippen molar-refractivity contribution in [2.75, 3.05) is 31.6 Å². The van der Waals surface area contributed by atoms with Crippen LogP contribution in [0.3, 0.4) is 0 Å². The van der Waals surface area contributed by atoms with Crippen LogP contribution in [-0.4, -0.2) is 46.9 Å². The lowest BCUT2D eigenvalue weighted by Gasteiger charge is -2.23. The zero-order valence-electron chi connectivity index (χ0n) is 9.77. The summed E-state index contributed by atoms with van der Waals surface area (Å²) in [6, 6.07) is 2.95. The van der Waals surface area contributed by atoms with Gasteiger partial charge in [-0.1, -0.05) is 0 Å². The average Bonchev–Trinajstić information content (AvgIpc) is 2.79. The molecule has 1 unspecified atom stereocenters. The molecular weight excluding hydrogens is 237 g/mol. The number of halogens is 1. The van der Waals surface area contributed by atoms with Crippen molar-refractivity contribution in [3.05, 3.63) is 24.1 Å². The van der Waals surface area contributed by atoms with Crippen molar-refractivity contribution in [1.29, 1.82) is 0 Å². The van der Waals surface area contributed by atoms with Gasteiger partial charge in [-0.05, 0) is 12.1 Å².